The summed E-state index contributed by atoms with van der Waals surface area (Å²) < 4.78 is 13.1. The van der Waals surface area contributed by atoms with Crippen LogP contribution in [0.3, 0.4) is 0 Å². The van der Waals surface area contributed by atoms with Gasteiger partial charge in [-0.3, -0.25) is 0 Å². The summed E-state index contributed by atoms with van der Waals surface area (Å²) in [5.41, 5.74) is 1.16. The van der Waals surface area contributed by atoms with Crippen molar-refractivity contribution in [1.29, 1.82) is 0 Å². The predicted molar refractivity (Wildman–Crippen MR) is 76.7 cm³/mol. The first-order chi connectivity index (χ1) is 10.8. The monoisotopic (exact) mass is 302 g/mol. The van der Waals surface area contributed by atoms with Gasteiger partial charge in [0.25, 0.3) is 0 Å². The van der Waals surface area contributed by atoms with E-state index in [9.17, 15) is 5.11 Å². The number of fused-ring (bicyclic) bond motifs is 2. The third kappa shape index (κ3) is 2.42. The van der Waals surface area contributed by atoms with Gasteiger partial charge < -0.3 is 19.9 Å². The quantitative estimate of drug-likeness (QED) is 0.833. The number of rotatable bonds is 4. The van der Waals surface area contributed by atoms with E-state index in [1.165, 1.54) is 6.33 Å². The minimum atomic E-state index is -0.656. The van der Waals surface area contributed by atoms with E-state index in [1.807, 2.05) is 30.3 Å². The zero-order chi connectivity index (χ0) is 14.9. The molecule has 0 unspecified atom stereocenters. The maximum atomic E-state index is 10.7. The lowest BCUT2D eigenvalue weighted by Gasteiger charge is -2.38. The first-order valence-corrected chi connectivity index (χ1v) is 7.39. The highest BCUT2D eigenvalue weighted by molar-refractivity contribution is 5.15. The molecule has 3 heterocycles. The highest BCUT2D eigenvalue weighted by Crippen LogP contribution is 2.35. The first-order valence-electron chi connectivity index (χ1n) is 7.39. The molecule has 0 aliphatic carbocycles. The second-order valence-corrected chi connectivity index (χ2v) is 5.63. The molecule has 2 aliphatic heterocycles. The fourth-order valence-electron chi connectivity index (χ4n) is 3.14. The molecule has 7 nitrogen and oxygen atoms in total. The van der Waals surface area contributed by atoms with Gasteiger partial charge in [-0.25, -0.2) is 9.67 Å². The van der Waals surface area contributed by atoms with Crippen LogP contribution in [-0.2, 0) is 16.0 Å². The Morgan fingerprint density at radius 2 is 2.18 bits per heavy atom. The van der Waals surface area contributed by atoms with Gasteiger partial charge in [0.15, 0.2) is 6.29 Å². The van der Waals surface area contributed by atoms with Gasteiger partial charge in [0.05, 0.1) is 18.8 Å². The number of aromatic nitrogens is 3. The van der Waals surface area contributed by atoms with Gasteiger partial charge in [0.1, 0.15) is 24.8 Å². The number of hydrogen-bond donors (Lipinski definition) is 2. The van der Waals surface area contributed by atoms with Crippen LogP contribution in [0.1, 0.15) is 11.6 Å². The number of hydrogen-bond acceptors (Lipinski definition) is 6. The minimum absolute atomic E-state index is 0.150. The van der Waals surface area contributed by atoms with Crippen LogP contribution in [0.25, 0.3) is 0 Å². The Hall–Kier alpha value is -1.80. The van der Waals surface area contributed by atoms with Crippen molar-refractivity contribution in [2.45, 2.75) is 37.1 Å². The van der Waals surface area contributed by atoms with Crippen molar-refractivity contribution in [1.82, 2.24) is 20.1 Å². The standard InChI is InChI=1S/C15H18N4O3/c20-14-12(17-6-10-4-2-1-3-5-10)11-7-21-15(22-11)13(14)19-9-16-8-18-19/h1-5,8-9,11-15,17,20H,6-7H2/t11-,12-,13-,14+,15-/m1/s1. The molecule has 2 aliphatic rings. The third-order valence-electron chi connectivity index (χ3n) is 4.26. The molecule has 2 fully saturated rings. The molecule has 22 heavy (non-hydrogen) atoms. The average molecular weight is 302 g/mol. The van der Waals surface area contributed by atoms with Crippen molar-refractivity contribution in [3.8, 4) is 0 Å². The van der Waals surface area contributed by atoms with Gasteiger partial charge in [-0.15, -0.1) is 0 Å². The molecule has 2 bridgehead atoms. The maximum Gasteiger partial charge on any atom is 0.183 e. The van der Waals surface area contributed by atoms with Gasteiger partial charge in [-0.05, 0) is 5.56 Å². The second-order valence-electron chi connectivity index (χ2n) is 5.63. The zero-order valence-corrected chi connectivity index (χ0v) is 11.9. The lowest BCUT2D eigenvalue weighted by Crippen LogP contribution is -2.57. The molecule has 1 aromatic carbocycles. The largest absolute Gasteiger partial charge is 0.389 e. The number of ether oxygens (including phenoxy) is 2. The van der Waals surface area contributed by atoms with E-state index in [2.05, 4.69) is 15.4 Å². The molecule has 1 aromatic heterocycles. The lowest BCUT2D eigenvalue weighted by molar-refractivity contribution is -0.168. The number of aliphatic hydroxyl groups is 1. The van der Waals surface area contributed by atoms with E-state index in [-0.39, 0.29) is 12.1 Å². The summed E-state index contributed by atoms with van der Waals surface area (Å²) in [6, 6.07) is 9.47. The summed E-state index contributed by atoms with van der Waals surface area (Å²) in [5.74, 6) is 0. The topological polar surface area (TPSA) is 81.4 Å². The van der Waals surface area contributed by atoms with Crippen molar-refractivity contribution in [2.75, 3.05) is 6.61 Å². The van der Waals surface area contributed by atoms with Crippen LogP contribution < -0.4 is 5.32 Å². The predicted octanol–water partition coefficient (Wildman–Crippen LogP) is 0.0936. The molecule has 0 spiro atoms. The van der Waals surface area contributed by atoms with Crippen molar-refractivity contribution < 1.29 is 14.6 Å². The van der Waals surface area contributed by atoms with Crippen molar-refractivity contribution >= 4 is 0 Å². The Balaban J connectivity index is 1.51. The van der Waals surface area contributed by atoms with Gasteiger partial charge in [-0.1, -0.05) is 30.3 Å². The van der Waals surface area contributed by atoms with Crippen LogP contribution in [0.15, 0.2) is 43.0 Å². The van der Waals surface area contributed by atoms with Crippen LogP contribution in [0.2, 0.25) is 0 Å². The third-order valence-corrected chi connectivity index (χ3v) is 4.26. The highest BCUT2D eigenvalue weighted by Gasteiger charge is 2.51. The SMILES string of the molecule is O[C@H]1[C@H](NCc2ccccc2)[C@H]2CO[C@H](O2)[C@@H]1n1cncn1. The van der Waals surface area contributed by atoms with Gasteiger partial charge in [-0.2, -0.15) is 5.10 Å². The number of benzene rings is 1. The lowest BCUT2D eigenvalue weighted by atomic mass is 9.96. The van der Waals surface area contributed by atoms with Crippen LogP contribution in [0.4, 0.5) is 0 Å². The molecule has 5 atom stereocenters. The maximum absolute atomic E-state index is 10.7. The Morgan fingerprint density at radius 3 is 2.95 bits per heavy atom. The molecule has 2 aromatic rings. The Kier molecular flexibility index (Phi) is 3.63. The number of aliphatic hydroxyl groups excluding tert-OH is 1. The molecule has 0 amide bonds. The molecule has 7 heteroatoms. The van der Waals surface area contributed by atoms with E-state index in [1.54, 1.807) is 11.0 Å². The summed E-state index contributed by atoms with van der Waals surface area (Å²) in [7, 11) is 0. The van der Waals surface area contributed by atoms with Gasteiger partial charge >= 0.3 is 0 Å². The van der Waals surface area contributed by atoms with E-state index in [4.69, 9.17) is 9.47 Å². The van der Waals surface area contributed by atoms with Crippen LogP contribution in [0.5, 0.6) is 0 Å². The van der Waals surface area contributed by atoms with Crippen molar-refractivity contribution in [2.24, 2.45) is 0 Å². The minimum Gasteiger partial charge on any atom is -0.389 e. The van der Waals surface area contributed by atoms with Gasteiger partial charge in [0, 0.05) is 6.54 Å². The summed E-state index contributed by atoms with van der Waals surface area (Å²) in [6.07, 6.45) is 1.74. The summed E-state index contributed by atoms with van der Waals surface area (Å²) >= 11 is 0. The molecule has 0 radical (unpaired) electrons. The second kappa shape index (κ2) is 5.77. The Morgan fingerprint density at radius 1 is 1.32 bits per heavy atom. The van der Waals surface area contributed by atoms with E-state index >= 15 is 0 Å². The Labute approximate surface area is 127 Å². The Bertz CT molecular complexity index is 607. The summed E-state index contributed by atoms with van der Waals surface area (Å²) in [6.45, 7) is 1.14. The van der Waals surface area contributed by atoms with E-state index < -0.39 is 18.4 Å². The molecule has 0 saturated carbocycles. The van der Waals surface area contributed by atoms with E-state index in [0.29, 0.717) is 13.2 Å². The molecule has 2 N–H and O–H groups in total. The molecule has 116 valence electrons. The van der Waals surface area contributed by atoms with Crippen LogP contribution in [0, 0.1) is 0 Å². The molecular weight excluding hydrogens is 284 g/mol. The molecular formula is C15H18N4O3. The summed E-state index contributed by atoms with van der Waals surface area (Å²) in [5, 5.41) is 18.3. The van der Waals surface area contributed by atoms with E-state index in [0.717, 1.165) is 5.56 Å². The smallest absolute Gasteiger partial charge is 0.183 e. The van der Waals surface area contributed by atoms with Crippen LogP contribution in [-0.4, -0.2) is 51.0 Å². The first kappa shape index (κ1) is 13.8. The zero-order valence-electron chi connectivity index (χ0n) is 11.9. The van der Waals surface area contributed by atoms with Crippen molar-refractivity contribution in [3.05, 3.63) is 48.5 Å². The molecule has 4 rings (SSSR count). The fraction of sp³-hybridized carbons (Fsp3) is 0.467. The normalized spacial score (nSPS) is 34.0. The van der Waals surface area contributed by atoms with Gasteiger partial charge in [0.2, 0.25) is 0 Å². The number of nitrogens with zero attached hydrogens (tertiary/aromatic N) is 3. The fourth-order valence-corrected chi connectivity index (χ4v) is 3.14. The summed E-state index contributed by atoms with van der Waals surface area (Å²) in [4.78, 5) is 3.94. The van der Waals surface area contributed by atoms with Crippen molar-refractivity contribution in [3.63, 3.8) is 0 Å². The van der Waals surface area contributed by atoms with Crippen LogP contribution >= 0.6 is 0 Å². The number of nitrogens with one attached hydrogen (secondary N) is 1. The molecule has 2 saturated heterocycles. The average Bonchev–Trinajstić information content (AvgIpc) is 3.20. The highest BCUT2D eigenvalue weighted by atomic mass is 16.7.